The molecule has 4 atom stereocenters. The lowest BCUT2D eigenvalue weighted by Crippen LogP contribution is -2.58. The number of guanidine groups is 1. The summed E-state index contributed by atoms with van der Waals surface area (Å²) in [5, 5.41) is 35.4. The van der Waals surface area contributed by atoms with Gasteiger partial charge in [-0.3, -0.25) is 19.4 Å². The van der Waals surface area contributed by atoms with Crippen LogP contribution in [0.4, 0.5) is 0 Å². The third-order valence-electron chi connectivity index (χ3n) is 5.45. The molecular weight excluding hydrogens is 498 g/mol. The van der Waals surface area contributed by atoms with Crippen LogP contribution in [0.5, 0.6) is 5.75 Å². The second kappa shape index (κ2) is 16.0. The molecule has 0 saturated carbocycles. The number of aromatic hydroxyl groups is 1. The van der Waals surface area contributed by atoms with Crippen molar-refractivity contribution >= 4 is 29.7 Å². The maximum Gasteiger partial charge on any atom is 0.328 e. The highest BCUT2D eigenvalue weighted by Crippen LogP contribution is 2.12. The number of aliphatic hydroxyl groups is 1. The fourth-order valence-corrected chi connectivity index (χ4v) is 3.47. The molecule has 0 saturated heterocycles. The molecule has 0 aliphatic carbocycles. The Morgan fingerprint density at radius 1 is 0.921 bits per heavy atom. The highest BCUT2D eigenvalue weighted by molar-refractivity contribution is 5.94. The van der Waals surface area contributed by atoms with Crippen LogP contribution in [0.2, 0.25) is 0 Å². The summed E-state index contributed by atoms with van der Waals surface area (Å²) in [6, 6.07) is 1.01. The van der Waals surface area contributed by atoms with Crippen molar-refractivity contribution in [1.82, 2.24) is 16.0 Å². The van der Waals surface area contributed by atoms with Crippen LogP contribution in [0.1, 0.15) is 38.7 Å². The first-order chi connectivity index (χ1) is 17.8. The number of hydrogen-bond acceptors (Lipinski definition) is 8. The van der Waals surface area contributed by atoms with Gasteiger partial charge in [0.05, 0.1) is 12.6 Å². The van der Waals surface area contributed by atoms with Gasteiger partial charge in [-0.05, 0) is 42.9 Å². The van der Waals surface area contributed by atoms with Gasteiger partial charge in [0.15, 0.2) is 5.96 Å². The second-order valence-corrected chi connectivity index (χ2v) is 9.26. The molecule has 1 rings (SSSR count). The zero-order valence-electron chi connectivity index (χ0n) is 21.6. The Bertz CT molecular complexity index is 965. The van der Waals surface area contributed by atoms with Gasteiger partial charge in [-0.15, -0.1) is 0 Å². The van der Waals surface area contributed by atoms with Crippen LogP contribution in [-0.2, 0) is 25.6 Å². The average Bonchev–Trinajstić information content (AvgIpc) is 2.84. The summed E-state index contributed by atoms with van der Waals surface area (Å²) < 4.78 is 0. The number of nitrogens with two attached hydrogens (primary N) is 3. The maximum absolute atomic E-state index is 13.3. The summed E-state index contributed by atoms with van der Waals surface area (Å²) >= 11 is 0. The smallest absolute Gasteiger partial charge is 0.328 e. The summed E-state index contributed by atoms with van der Waals surface area (Å²) in [6.07, 6.45) is 0.746. The molecule has 0 aliphatic rings. The Labute approximate surface area is 221 Å². The van der Waals surface area contributed by atoms with Gasteiger partial charge < -0.3 is 48.5 Å². The maximum atomic E-state index is 13.3. The molecule has 0 heterocycles. The minimum Gasteiger partial charge on any atom is -0.508 e. The number of carboxylic acid groups (broad SMARTS) is 1. The molecule has 0 bridgehead atoms. The number of rotatable bonds is 16. The van der Waals surface area contributed by atoms with Crippen molar-refractivity contribution in [3.63, 3.8) is 0 Å². The van der Waals surface area contributed by atoms with E-state index in [4.69, 9.17) is 17.2 Å². The number of aliphatic carboxylic acids is 1. The Hall–Kier alpha value is -3.91. The first-order valence-electron chi connectivity index (χ1n) is 12.2. The zero-order chi connectivity index (χ0) is 28.8. The number of aliphatic imine (C=N–C) groups is 1. The van der Waals surface area contributed by atoms with E-state index in [-0.39, 0.29) is 37.0 Å². The fourth-order valence-electron chi connectivity index (χ4n) is 3.47. The Kier molecular flexibility index (Phi) is 13.6. The van der Waals surface area contributed by atoms with E-state index >= 15 is 0 Å². The molecule has 38 heavy (non-hydrogen) atoms. The molecule has 0 spiro atoms. The summed E-state index contributed by atoms with van der Waals surface area (Å²) in [5.74, 6) is -3.59. The second-order valence-electron chi connectivity index (χ2n) is 9.26. The Morgan fingerprint density at radius 2 is 1.47 bits per heavy atom. The molecule has 212 valence electrons. The van der Waals surface area contributed by atoms with E-state index in [0.717, 1.165) is 0 Å². The molecule has 0 aliphatic heterocycles. The molecule has 12 N–H and O–H groups in total. The van der Waals surface area contributed by atoms with E-state index in [0.29, 0.717) is 18.4 Å². The molecule has 3 amide bonds. The first-order valence-corrected chi connectivity index (χ1v) is 12.2. The fraction of sp³-hybridized carbons (Fsp3) is 0.542. The highest BCUT2D eigenvalue weighted by atomic mass is 16.4. The number of nitrogens with zero attached hydrogens (tertiary/aromatic N) is 1. The molecule has 14 heteroatoms. The van der Waals surface area contributed by atoms with E-state index < -0.39 is 54.5 Å². The van der Waals surface area contributed by atoms with Crippen molar-refractivity contribution in [2.45, 2.75) is 63.7 Å². The number of phenolic OH excluding ortho intramolecular Hbond substituents is 1. The van der Waals surface area contributed by atoms with E-state index in [9.17, 15) is 34.5 Å². The highest BCUT2D eigenvalue weighted by Gasteiger charge is 2.30. The van der Waals surface area contributed by atoms with Gasteiger partial charge in [0, 0.05) is 13.0 Å². The van der Waals surface area contributed by atoms with Crippen molar-refractivity contribution in [3.8, 4) is 5.75 Å². The standard InChI is InChI=1S/C24H39N7O7/c1-13(2)10-16(25)20(34)29-17(4-3-9-28-24(26)27)21(35)30-18(11-14-5-7-15(33)8-6-14)22(36)31-19(12-32)23(37)38/h5-8,13,16-19,32-33H,3-4,9-12,25H2,1-2H3,(H,29,34)(H,30,35)(H,31,36)(H,37,38)(H4,26,27,28). The topological polar surface area (TPSA) is 255 Å². The average molecular weight is 538 g/mol. The van der Waals surface area contributed by atoms with Crippen LogP contribution in [0, 0.1) is 5.92 Å². The van der Waals surface area contributed by atoms with Crippen LogP contribution >= 0.6 is 0 Å². The molecule has 4 unspecified atom stereocenters. The molecule has 0 radical (unpaired) electrons. The van der Waals surface area contributed by atoms with Crippen LogP contribution < -0.4 is 33.2 Å². The number of carboxylic acids is 1. The van der Waals surface area contributed by atoms with E-state index in [1.807, 2.05) is 13.8 Å². The van der Waals surface area contributed by atoms with Crippen LogP contribution in [0.3, 0.4) is 0 Å². The number of benzene rings is 1. The quantitative estimate of drug-likeness (QED) is 0.0630. The van der Waals surface area contributed by atoms with Gasteiger partial charge in [0.25, 0.3) is 0 Å². The van der Waals surface area contributed by atoms with Gasteiger partial charge in [0.1, 0.15) is 23.9 Å². The summed E-state index contributed by atoms with van der Waals surface area (Å²) in [4.78, 5) is 54.0. The predicted octanol–water partition coefficient (Wildman–Crippen LogP) is -2.11. The number of carbonyl (C=O) groups excluding carboxylic acids is 3. The monoisotopic (exact) mass is 537 g/mol. The molecule has 0 fully saturated rings. The van der Waals surface area contributed by atoms with Crippen molar-refractivity contribution in [3.05, 3.63) is 29.8 Å². The lowest BCUT2D eigenvalue weighted by molar-refractivity contribution is -0.143. The van der Waals surface area contributed by atoms with Crippen molar-refractivity contribution in [2.24, 2.45) is 28.1 Å². The minimum atomic E-state index is -1.59. The number of phenols is 1. The third-order valence-corrected chi connectivity index (χ3v) is 5.45. The largest absolute Gasteiger partial charge is 0.508 e. The summed E-state index contributed by atoms with van der Waals surface area (Å²) in [7, 11) is 0. The molecule has 14 nitrogen and oxygen atoms in total. The van der Waals surface area contributed by atoms with Gasteiger partial charge >= 0.3 is 5.97 Å². The molecule has 1 aromatic carbocycles. The predicted molar refractivity (Wildman–Crippen MR) is 140 cm³/mol. The van der Waals surface area contributed by atoms with Crippen LogP contribution in [-0.4, -0.2) is 82.3 Å². The zero-order valence-corrected chi connectivity index (χ0v) is 21.6. The number of carbonyl (C=O) groups is 4. The number of hydrogen-bond donors (Lipinski definition) is 9. The SMILES string of the molecule is CC(C)CC(N)C(=O)NC(CCCN=C(N)N)C(=O)NC(Cc1ccc(O)cc1)C(=O)NC(CO)C(=O)O. The molecule has 0 aromatic heterocycles. The lowest BCUT2D eigenvalue weighted by atomic mass is 10.0. The normalized spacial score (nSPS) is 14.0. The van der Waals surface area contributed by atoms with Crippen molar-refractivity contribution in [1.29, 1.82) is 0 Å². The molecule has 1 aromatic rings. The van der Waals surface area contributed by atoms with E-state index in [1.54, 1.807) is 0 Å². The van der Waals surface area contributed by atoms with Crippen LogP contribution in [0.25, 0.3) is 0 Å². The molecular formula is C24H39N7O7. The number of amides is 3. The summed E-state index contributed by atoms with van der Waals surface area (Å²) in [5.41, 5.74) is 17.2. The number of aliphatic hydroxyl groups excluding tert-OH is 1. The summed E-state index contributed by atoms with van der Waals surface area (Å²) in [6.45, 7) is 3.12. The minimum absolute atomic E-state index is 0.00806. The van der Waals surface area contributed by atoms with E-state index in [1.165, 1.54) is 24.3 Å². The van der Waals surface area contributed by atoms with E-state index in [2.05, 4.69) is 20.9 Å². The number of nitrogens with one attached hydrogen (secondary N) is 3. The Balaban J connectivity index is 3.14. The van der Waals surface area contributed by atoms with Crippen molar-refractivity contribution in [2.75, 3.05) is 13.2 Å². The van der Waals surface area contributed by atoms with Crippen LogP contribution in [0.15, 0.2) is 29.3 Å². The first kappa shape index (κ1) is 32.1. The van der Waals surface area contributed by atoms with Gasteiger partial charge in [0.2, 0.25) is 17.7 Å². The van der Waals surface area contributed by atoms with Gasteiger partial charge in [-0.2, -0.15) is 0 Å². The van der Waals surface area contributed by atoms with Gasteiger partial charge in [-0.25, -0.2) is 4.79 Å². The van der Waals surface area contributed by atoms with Crippen molar-refractivity contribution < 1.29 is 34.5 Å². The third kappa shape index (κ3) is 11.9. The lowest BCUT2D eigenvalue weighted by Gasteiger charge is -2.25. The Morgan fingerprint density at radius 3 is 2.00 bits per heavy atom. The van der Waals surface area contributed by atoms with Gasteiger partial charge in [-0.1, -0.05) is 26.0 Å².